The van der Waals surface area contributed by atoms with Crippen LogP contribution in [0.3, 0.4) is 0 Å². The van der Waals surface area contributed by atoms with Crippen LogP contribution in [0.25, 0.3) is 0 Å². The SMILES string of the molecule is CC1CCCC(C)(C)C1O.CCC1CO1. The second-order valence-corrected chi connectivity index (χ2v) is 5.67. The zero-order valence-corrected chi connectivity index (χ0v) is 10.6. The minimum absolute atomic E-state index is 0.0822. The Hall–Kier alpha value is -0.0800. The third-order valence-electron chi connectivity index (χ3n) is 3.68. The van der Waals surface area contributed by atoms with Crippen molar-refractivity contribution in [3.63, 3.8) is 0 Å². The van der Waals surface area contributed by atoms with E-state index in [2.05, 4.69) is 27.7 Å². The number of aliphatic hydroxyl groups excluding tert-OH is 1. The van der Waals surface area contributed by atoms with Gasteiger partial charge in [0, 0.05) is 0 Å². The first-order valence-electron chi connectivity index (χ1n) is 6.27. The van der Waals surface area contributed by atoms with Crippen LogP contribution < -0.4 is 0 Å². The summed E-state index contributed by atoms with van der Waals surface area (Å²) in [6, 6.07) is 0. The van der Waals surface area contributed by atoms with E-state index in [9.17, 15) is 5.11 Å². The summed E-state index contributed by atoms with van der Waals surface area (Å²) in [5, 5.41) is 9.71. The molecule has 2 rings (SSSR count). The lowest BCUT2D eigenvalue weighted by Crippen LogP contribution is -2.38. The highest BCUT2D eigenvalue weighted by Gasteiger charge is 2.34. The molecule has 2 nitrogen and oxygen atoms in total. The summed E-state index contributed by atoms with van der Waals surface area (Å²) < 4.78 is 4.86. The molecule has 0 aromatic rings. The van der Waals surface area contributed by atoms with E-state index < -0.39 is 0 Å². The minimum atomic E-state index is -0.0822. The second-order valence-electron chi connectivity index (χ2n) is 5.67. The number of ether oxygens (including phenoxy) is 1. The summed E-state index contributed by atoms with van der Waals surface area (Å²) in [4.78, 5) is 0. The molecule has 3 unspecified atom stereocenters. The molecule has 3 atom stereocenters. The second kappa shape index (κ2) is 5.31. The fraction of sp³-hybridized carbons (Fsp3) is 1.00. The van der Waals surface area contributed by atoms with Crippen LogP contribution in [-0.4, -0.2) is 23.9 Å². The van der Waals surface area contributed by atoms with E-state index >= 15 is 0 Å². The van der Waals surface area contributed by atoms with Gasteiger partial charge in [-0.3, -0.25) is 0 Å². The molecule has 1 aliphatic carbocycles. The van der Waals surface area contributed by atoms with Crippen LogP contribution in [0, 0.1) is 11.3 Å². The summed E-state index contributed by atoms with van der Waals surface area (Å²) >= 11 is 0. The van der Waals surface area contributed by atoms with Gasteiger partial charge >= 0.3 is 0 Å². The summed E-state index contributed by atoms with van der Waals surface area (Å²) in [7, 11) is 0. The van der Waals surface area contributed by atoms with E-state index in [-0.39, 0.29) is 11.5 Å². The van der Waals surface area contributed by atoms with Crippen molar-refractivity contribution < 1.29 is 9.84 Å². The van der Waals surface area contributed by atoms with E-state index in [0.29, 0.717) is 12.0 Å². The van der Waals surface area contributed by atoms with Gasteiger partial charge in [0.15, 0.2) is 0 Å². The highest BCUT2D eigenvalue weighted by molar-refractivity contribution is 4.85. The molecule has 1 aliphatic heterocycles. The maximum absolute atomic E-state index is 9.71. The molecule has 0 aromatic heterocycles. The van der Waals surface area contributed by atoms with Gasteiger partial charge in [-0.2, -0.15) is 0 Å². The van der Waals surface area contributed by atoms with Crippen LogP contribution in [0.4, 0.5) is 0 Å². The third kappa shape index (κ3) is 4.12. The predicted octanol–water partition coefficient (Wildman–Crippen LogP) is 2.99. The van der Waals surface area contributed by atoms with Gasteiger partial charge in [-0.1, -0.05) is 34.1 Å². The molecule has 2 heteroatoms. The minimum Gasteiger partial charge on any atom is -0.392 e. The zero-order chi connectivity index (χ0) is 11.5. The molecule has 0 amide bonds. The van der Waals surface area contributed by atoms with E-state index in [1.165, 1.54) is 25.7 Å². The average molecular weight is 214 g/mol. The molecule has 0 bridgehead atoms. The molecular formula is C13H26O2. The van der Waals surface area contributed by atoms with E-state index in [1.807, 2.05) is 0 Å². The number of aliphatic hydroxyl groups is 1. The van der Waals surface area contributed by atoms with Gasteiger partial charge in [0.25, 0.3) is 0 Å². The van der Waals surface area contributed by atoms with Gasteiger partial charge < -0.3 is 9.84 Å². The summed E-state index contributed by atoms with van der Waals surface area (Å²) in [6.45, 7) is 9.61. The van der Waals surface area contributed by atoms with Gasteiger partial charge in [-0.25, -0.2) is 0 Å². The Balaban J connectivity index is 0.000000187. The van der Waals surface area contributed by atoms with Crippen molar-refractivity contribution in [2.45, 2.75) is 65.6 Å². The largest absolute Gasteiger partial charge is 0.392 e. The van der Waals surface area contributed by atoms with Crippen molar-refractivity contribution in [3.8, 4) is 0 Å². The molecule has 15 heavy (non-hydrogen) atoms. The van der Waals surface area contributed by atoms with Crippen molar-refractivity contribution in [2.75, 3.05) is 6.61 Å². The first-order chi connectivity index (χ1) is 6.97. The van der Waals surface area contributed by atoms with Crippen LogP contribution in [0.2, 0.25) is 0 Å². The topological polar surface area (TPSA) is 32.8 Å². The monoisotopic (exact) mass is 214 g/mol. The number of hydrogen-bond donors (Lipinski definition) is 1. The maximum Gasteiger partial charge on any atom is 0.0807 e. The standard InChI is InChI=1S/C9H18O.C4H8O/c1-7-5-4-6-9(2,3)8(7)10;1-2-4-3-5-4/h7-8,10H,4-6H2,1-3H3;4H,2-3H2,1H3. The quantitative estimate of drug-likeness (QED) is 0.681. The molecule has 1 N–H and O–H groups in total. The molecule has 1 saturated carbocycles. The van der Waals surface area contributed by atoms with Gasteiger partial charge in [0.1, 0.15) is 0 Å². The lowest BCUT2D eigenvalue weighted by atomic mass is 9.70. The van der Waals surface area contributed by atoms with E-state index in [0.717, 1.165) is 6.61 Å². The van der Waals surface area contributed by atoms with Crippen molar-refractivity contribution >= 4 is 0 Å². The molecule has 1 heterocycles. The average Bonchev–Trinajstić information content (AvgIpc) is 2.98. The highest BCUT2D eigenvalue weighted by atomic mass is 16.6. The Morgan fingerprint density at radius 3 is 2.27 bits per heavy atom. The summed E-state index contributed by atoms with van der Waals surface area (Å²) in [5.41, 5.74) is 0.164. The van der Waals surface area contributed by atoms with Gasteiger partial charge in [0.05, 0.1) is 18.8 Å². The Bertz CT molecular complexity index is 185. The van der Waals surface area contributed by atoms with Crippen molar-refractivity contribution in [1.82, 2.24) is 0 Å². The fourth-order valence-electron chi connectivity index (χ4n) is 2.26. The summed E-state index contributed by atoms with van der Waals surface area (Å²) in [5.74, 6) is 0.503. The first kappa shape index (κ1) is 13.0. The molecule has 0 aromatic carbocycles. The molecular weight excluding hydrogens is 188 g/mol. The first-order valence-corrected chi connectivity index (χ1v) is 6.27. The zero-order valence-electron chi connectivity index (χ0n) is 10.6. The van der Waals surface area contributed by atoms with Crippen LogP contribution in [0.15, 0.2) is 0 Å². The van der Waals surface area contributed by atoms with Crippen molar-refractivity contribution in [2.24, 2.45) is 11.3 Å². The predicted molar refractivity (Wildman–Crippen MR) is 62.8 cm³/mol. The Morgan fingerprint density at radius 1 is 1.40 bits per heavy atom. The Morgan fingerprint density at radius 2 is 2.00 bits per heavy atom. The van der Waals surface area contributed by atoms with E-state index in [1.54, 1.807) is 0 Å². The van der Waals surface area contributed by atoms with Crippen LogP contribution in [0.5, 0.6) is 0 Å². The van der Waals surface area contributed by atoms with Crippen LogP contribution in [-0.2, 0) is 4.74 Å². The Kier molecular flexibility index (Phi) is 4.60. The molecule has 0 radical (unpaired) electrons. The smallest absolute Gasteiger partial charge is 0.0807 e. The maximum atomic E-state index is 9.71. The number of hydrogen-bond acceptors (Lipinski definition) is 2. The lowest BCUT2D eigenvalue weighted by Gasteiger charge is -2.39. The summed E-state index contributed by atoms with van der Waals surface area (Å²) in [6.07, 6.45) is 5.41. The molecule has 1 saturated heterocycles. The van der Waals surface area contributed by atoms with Gasteiger partial charge in [-0.05, 0) is 30.6 Å². The Labute approximate surface area is 94.0 Å². The van der Waals surface area contributed by atoms with Gasteiger partial charge in [0.2, 0.25) is 0 Å². The lowest BCUT2D eigenvalue weighted by molar-refractivity contribution is -0.0254. The number of rotatable bonds is 1. The fourth-order valence-corrected chi connectivity index (χ4v) is 2.26. The van der Waals surface area contributed by atoms with Crippen molar-refractivity contribution in [1.29, 1.82) is 0 Å². The third-order valence-corrected chi connectivity index (χ3v) is 3.68. The normalized spacial score (nSPS) is 37.8. The van der Waals surface area contributed by atoms with Crippen LogP contribution in [0.1, 0.15) is 53.4 Å². The molecule has 0 spiro atoms. The van der Waals surface area contributed by atoms with E-state index in [4.69, 9.17) is 4.74 Å². The highest BCUT2D eigenvalue weighted by Crippen LogP contribution is 2.38. The molecule has 90 valence electrons. The molecule has 2 aliphatic rings. The van der Waals surface area contributed by atoms with Crippen molar-refractivity contribution in [3.05, 3.63) is 0 Å². The molecule has 2 fully saturated rings. The number of epoxide rings is 1. The van der Waals surface area contributed by atoms with Crippen LogP contribution >= 0.6 is 0 Å². The van der Waals surface area contributed by atoms with Gasteiger partial charge in [-0.15, -0.1) is 0 Å².